The van der Waals surface area contributed by atoms with E-state index in [-0.39, 0.29) is 31.1 Å². The number of fused-ring (bicyclic) bond motifs is 2. The number of nitrogens with zero attached hydrogens (tertiary/aromatic N) is 4. The van der Waals surface area contributed by atoms with Gasteiger partial charge in [0.15, 0.2) is 0 Å². The van der Waals surface area contributed by atoms with Gasteiger partial charge in [-0.25, -0.2) is 9.59 Å². The highest BCUT2D eigenvalue weighted by atomic mass is 32.2. The molecule has 46 heavy (non-hydrogen) atoms. The van der Waals surface area contributed by atoms with Gasteiger partial charge in [0.05, 0.1) is 24.2 Å². The third-order valence-electron chi connectivity index (χ3n) is 8.20. The van der Waals surface area contributed by atoms with E-state index in [0.29, 0.717) is 11.4 Å². The van der Waals surface area contributed by atoms with Crippen LogP contribution in [-0.4, -0.2) is 74.7 Å². The third-order valence-corrected chi connectivity index (χ3v) is 9.84. The molecule has 4 heterocycles. The molecule has 0 spiro atoms. The average molecular weight is 659 g/mol. The van der Waals surface area contributed by atoms with E-state index in [1.807, 2.05) is 87.9 Å². The van der Waals surface area contributed by atoms with Crippen molar-refractivity contribution in [2.24, 2.45) is 0 Å². The lowest BCUT2D eigenvalue weighted by Gasteiger charge is -2.22. The zero-order valence-corrected chi connectivity index (χ0v) is 29.6. The highest BCUT2D eigenvalue weighted by Crippen LogP contribution is 2.49. The van der Waals surface area contributed by atoms with Gasteiger partial charge in [0.25, 0.3) is 0 Å². The summed E-state index contributed by atoms with van der Waals surface area (Å²) in [7, 11) is 8.04. The average Bonchev–Trinajstić information content (AvgIpc) is 3.54. The molecule has 4 aromatic heterocycles. The number of benzene rings is 1. The Morgan fingerprint density at radius 3 is 1.48 bits per heavy atom. The third kappa shape index (κ3) is 5.84. The highest BCUT2D eigenvalue weighted by Gasteiger charge is 2.36. The fourth-order valence-electron chi connectivity index (χ4n) is 6.03. The smallest absolute Gasteiger partial charge is 0.356 e. The van der Waals surface area contributed by atoms with Gasteiger partial charge in [-0.1, -0.05) is 29.8 Å². The first-order chi connectivity index (χ1) is 22.1. The fraction of sp³-hybridized carbons (Fsp3) is 0.333. The van der Waals surface area contributed by atoms with Crippen molar-refractivity contribution in [1.29, 1.82) is 0 Å². The molecule has 0 unspecified atom stereocenters. The normalized spacial score (nSPS) is 11.4. The molecule has 0 aliphatic carbocycles. The van der Waals surface area contributed by atoms with Crippen LogP contribution in [0, 0.1) is 6.92 Å². The lowest BCUT2D eigenvalue weighted by molar-refractivity contribution is 0.0505. The van der Waals surface area contributed by atoms with Gasteiger partial charge >= 0.3 is 11.9 Å². The first kappa shape index (κ1) is 33.3. The number of rotatable bonds is 11. The lowest BCUT2D eigenvalue weighted by Crippen LogP contribution is -2.11. The van der Waals surface area contributed by atoms with Crippen molar-refractivity contribution in [2.45, 2.75) is 36.5 Å². The summed E-state index contributed by atoms with van der Waals surface area (Å²) in [6.07, 6.45) is 7.91. The van der Waals surface area contributed by atoms with Gasteiger partial charge in [-0.15, -0.1) is 23.5 Å². The molecule has 0 fully saturated rings. The summed E-state index contributed by atoms with van der Waals surface area (Å²) in [5.74, 6) is -1.10. The van der Waals surface area contributed by atoms with E-state index in [0.717, 1.165) is 54.5 Å². The number of thioether (sulfide) groups is 2. The number of carbonyl (C=O) groups excluding carboxylic acids is 2. The number of carbonyl (C=O) groups is 2. The SMILES string of the molecule is CCOC(=O)c1c(SC)c(C(c2ccc(C)cc2)c2c(SC)c(C(=O)OCC)n3ccc(N(C)C)cc23)c2cc(N(C)C)ccn12. The number of ether oxygens (including phenoxy) is 2. The topological polar surface area (TPSA) is 67.9 Å². The van der Waals surface area contributed by atoms with E-state index in [4.69, 9.17) is 9.47 Å². The van der Waals surface area contributed by atoms with Crippen LogP contribution in [0.4, 0.5) is 11.4 Å². The van der Waals surface area contributed by atoms with Gasteiger partial charge in [-0.2, -0.15) is 0 Å². The summed E-state index contributed by atoms with van der Waals surface area (Å²) in [5, 5.41) is 0. The second-order valence-corrected chi connectivity index (χ2v) is 13.1. The number of hydrogen-bond donors (Lipinski definition) is 0. The molecule has 0 aliphatic heterocycles. The van der Waals surface area contributed by atoms with Crippen LogP contribution in [0.15, 0.2) is 70.7 Å². The van der Waals surface area contributed by atoms with E-state index in [1.165, 1.54) is 23.5 Å². The van der Waals surface area contributed by atoms with E-state index < -0.39 is 0 Å². The number of anilines is 2. The molecule has 5 rings (SSSR count). The molecule has 0 bridgehead atoms. The number of aromatic nitrogens is 2. The van der Waals surface area contributed by atoms with Crippen LogP contribution >= 0.6 is 23.5 Å². The zero-order valence-electron chi connectivity index (χ0n) is 28.0. The molecule has 10 heteroatoms. The van der Waals surface area contributed by atoms with E-state index in [9.17, 15) is 9.59 Å². The van der Waals surface area contributed by atoms with E-state index >= 15 is 0 Å². The Balaban J connectivity index is 2.02. The minimum atomic E-state index is -0.373. The maximum atomic E-state index is 13.7. The summed E-state index contributed by atoms with van der Waals surface area (Å²) < 4.78 is 15.2. The van der Waals surface area contributed by atoms with Crippen LogP contribution in [0.5, 0.6) is 0 Å². The van der Waals surface area contributed by atoms with Gasteiger partial charge < -0.3 is 28.1 Å². The predicted molar refractivity (Wildman–Crippen MR) is 191 cm³/mol. The van der Waals surface area contributed by atoms with Crippen molar-refractivity contribution in [3.63, 3.8) is 0 Å². The van der Waals surface area contributed by atoms with Crippen LogP contribution in [0.2, 0.25) is 0 Å². The zero-order chi connectivity index (χ0) is 33.3. The van der Waals surface area contributed by atoms with Gasteiger partial charge in [0.2, 0.25) is 0 Å². The Hall–Kier alpha value is -4.02. The second-order valence-electron chi connectivity index (χ2n) is 11.4. The molecule has 0 saturated carbocycles. The second kappa shape index (κ2) is 13.8. The molecule has 0 atom stereocenters. The van der Waals surface area contributed by atoms with Gasteiger partial charge in [0.1, 0.15) is 11.4 Å². The molecule has 0 saturated heterocycles. The van der Waals surface area contributed by atoms with Gasteiger partial charge in [0, 0.05) is 78.8 Å². The first-order valence-corrected chi connectivity index (χ1v) is 17.7. The van der Waals surface area contributed by atoms with Gasteiger partial charge in [-0.05, 0) is 63.1 Å². The molecule has 242 valence electrons. The first-order valence-electron chi connectivity index (χ1n) is 15.3. The molecule has 5 aromatic rings. The van der Waals surface area contributed by atoms with Gasteiger partial charge in [-0.3, -0.25) is 0 Å². The van der Waals surface area contributed by atoms with Crippen molar-refractivity contribution in [1.82, 2.24) is 8.80 Å². The predicted octanol–water partition coefficient (Wildman–Crippen LogP) is 7.61. The van der Waals surface area contributed by atoms with Crippen LogP contribution in [0.3, 0.4) is 0 Å². The Labute approximate surface area is 279 Å². The maximum absolute atomic E-state index is 13.7. The quantitative estimate of drug-likeness (QED) is 0.106. The van der Waals surface area contributed by atoms with Crippen molar-refractivity contribution < 1.29 is 19.1 Å². The highest BCUT2D eigenvalue weighted by molar-refractivity contribution is 7.99. The molecule has 0 N–H and O–H groups in total. The summed E-state index contributed by atoms with van der Waals surface area (Å²) in [6, 6.07) is 16.8. The summed E-state index contributed by atoms with van der Waals surface area (Å²) in [5.41, 5.74) is 8.96. The Bertz CT molecular complexity index is 1790. The largest absolute Gasteiger partial charge is 0.461 e. The van der Waals surface area contributed by atoms with Crippen LogP contribution in [0.25, 0.3) is 11.0 Å². The van der Waals surface area contributed by atoms with Crippen LogP contribution in [-0.2, 0) is 9.47 Å². The molecular formula is C36H42N4O4S2. The minimum absolute atomic E-state index is 0.267. The van der Waals surface area contributed by atoms with Crippen LogP contribution < -0.4 is 9.80 Å². The summed E-state index contributed by atoms with van der Waals surface area (Å²) in [4.78, 5) is 33.2. The Kier molecular flexibility index (Phi) is 9.98. The Morgan fingerprint density at radius 2 is 1.13 bits per heavy atom. The Morgan fingerprint density at radius 1 is 0.717 bits per heavy atom. The van der Waals surface area contributed by atoms with E-state index in [1.54, 1.807) is 0 Å². The van der Waals surface area contributed by atoms with E-state index in [2.05, 4.69) is 53.1 Å². The fourth-order valence-corrected chi connectivity index (χ4v) is 7.67. The van der Waals surface area contributed by atoms with Crippen molar-refractivity contribution >= 4 is 57.9 Å². The molecule has 0 radical (unpaired) electrons. The standard InChI is InChI=1S/C36H42N4O4S2/c1-10-43-35(41)31-33(45-8)29(26-20-24(37(4)5)16-18-39(26)31)28(23-14-12-22(3)13-15-23)30-27-21-25(38(6)7)17-19-40(27)32(34(30)46-9)36(42)44-11-2/h12-21,28H,10-11H2,1-9H3. The number of pyridine rings is 2. The van der Waals surface area contributed by atoms with Crippen LogP contribution in [0.1, 0.15) is 63.0 Å². The number of aryl methyl sites for hydroxylation is 1. The molecule has 8 nitrogen and oxygen atoms in total. The van der Waals surface area contributed by atoms with Crippen molar-refractivity contribution in [3.05, 3.63) is 94.6 Å². The molecular weight excluding hydrogens is 617 g/mol. The molecule has 0 aliphatic rings. The minimum Gasteiger partial charge on any atom is -0.461 e. The van der Waals surface area contributed by atoms with Crippen molar-refractivity contribution in [3.8, 4) is 0 Å². The molecule has 0 amide bonds. The maximum Gasteiger partial charge on any atom is 0.356 e. The number of esters is 2. The monoisotopic (exact) mass is 658 g/mol. The lowest BCUT2D eigenvalue weighted by atomic mass is 9.85. The summed E-state index contributed by atoms with van der Waals surface area (Å²) >= 11 is 3.07. The summed E-state index contributed by atoms with van der Waals surface area (Å²) in [6.45, 7) is 6.26. The van der Waals surface area contributed by atoms with Crippen molar-refractivity contribution in [2.75, 3.05) is 63.7 Å². The number of hydrogen-bond acceptors (Lipinski definition) is 8. The molecule has 1 aromatic carbocycles.